The fourth-order valence-electron chi connectivity index (χ4n) is 2.74. The summed E-state index contributed by atoms with van der Waals surface area (Å²) >= 11 is 2.86. The normalized spacial score (nSPS) is 15.1. The van der Waals surface area contributed by atoms with E-state index in [1.165, 1.54) is 27.4 Å². The first-order valence-corrected chi connectivity index (χ1v) is 11.8. The predicted molar refractivity (Wildman–Crippen MR) is 106 cm³/mol. The summed E-state index contributed by atoms with van der Waals surface area (Å²) in [5.41, 5.74) is 1.48. The molecular weight excluding hydrogens is 390 g/mol. The summed E-state index contributed by atoms with van der Waals surface area (Å²) in [6, 6.07) is 7.41. The van der Waals surface area contributed by atoms with Gasteiger partial charge in [-0.05, 0) is 32.2 Å². The number of thioether (sulfide) groups is 1. The Kier molecular flexibility index (Phi) is 5.71. The van der Waals surface area contributed by atoms with Gasteiger partial charge < -0.3 is 0 Å². The Morgan fingerprint density at radius 2 is 2.08 bits per heavy atom. The van der Waals surface area contributed by atoms with Crippen molar-refractivity contribution in [2.75, 3.05) is 18.1 Å². The summed E-state index contributed by atoms with van der Waals surface area (Å²) in [5.74, 6) is -0.201. The van der Waals surface area contributed by atoms with E-state index in [-0.39, 0.29) is 5.91 Å². The average molecular weight is 412 g/mol. The molecule has 0 aliphatic carbocycles. The number of carbonyl (C=O) groups excluding carboxylic acids is 1. The van der Waals surface area contributed by atoms with Gasteiger partial charge in [-0.15, -0.1) is 23.1 Å². The molecule has 2 heterocycles. The number of sulfonamides is 1. The zero-order valence-electron chi connectivity index (χ0n) is 14.9. The van der Waals surface area contributed by atoms with Gasteiger partial charge in [0.1, 0.15) is 0 Å². The second kappa shape index (κ2) is 7.67. The van der Waals surface area contributed by atoms with Crippen LogP contribution in [0.4, 0.5) is 5.13 Å². The highest BCUT2D eigenvalue weighted by Gasteiger charge is 2.31. The molecule has 0 saturated carbocycles. The second-order valence-electron chi connectivity index (χ2n) is 6.22. The maximum absolute atomic E-state index is 12.6. The molecule has 0 radical (unpaired) electrons. The zero-order valence-corrected chi connectivity index (χ0v) is 17.3. The minimum Gasteiger partial charge on any atom is -0.298 e. The van der Waals surface area contributed by atoms with Crippen molar-refractivity contribution in [2.45, 2.75) is 37.0 Å². The molecule has 0 fully saturated rings. The highest BCUT2D eigenvalue weighted by molar-refractivity contribution is 7.98. The fraction of sp³-hybridized carbons (Fsp3) is 0.412. The number of hydrogen-bond acceptors (Lipinski definition) is 6. The molecule has 0 spiro atoms. The number of anilines is 1. The van der Waals surface area contributed by atoms with Gasteiger partial charge in [0.2, 0.25) is 10.0 Å². The molecule has 1 amide bonds. The van der Waals surface area contributed by atoms with Crippen LogP contribution in [0.3, 0.4) is 0 Å². The van der Waals surface area contributed by atoms with Crippen LogP contribution in [-0.2, 0) is 23.0 Å². The Labute approximate surface area is 162 Å². The number of nitrogens with zero attached hydrogens (tertiary/aromatic N) is 2. The maximum Gasteiger partial charge on any atom is 0.258 e. The minimum atomic E-state index is -3.29. The van der Waals surface area contributed by atoms with Crippen molar-refractivity contribution in [3.8, 4) is 0 Å². The molecule has 140 valence electrons. The SMILES string of the molecule is CSc1ccccc1C(=O)Nc1nc2c(s1)CN(S(=O)(=O)C(C)C)CC2. The van der Waals surface area contributed by atoms with E-state index in [1.54, 1.807) is 19.9 Å². The third-order valence-corrected chi connectivity index (χ3v) is 8.24. The van der Waals surface area contributed by atoms with Crippen molar-refractivity contribution < 1.29 is 13.2 Å². The summed E-state index contributed by atoms with van der Waals surface area (Å²) in [6.07, 6.45) is 2.49. The number of thiazole rings is 1. The Morgan fingerprint density at radius 3 is 2.77 bits per heavy atom. The fourth-order valence-corrected chi connectivity index (χ4v) is 5.68. The van der Waals surface area contributed by atoms with Gasteiger partial charge in [0.25, 0.3) is 5.91 Å². The summed E-state index contributed by atoms with van der Waals surface area (Å²) in [4.78, 5) is 18.8. The van der Waals surface area contributed by atoms with Gasteiger partial charge >= 0.3 is 0 Å². The lowest BCUT2D eigenvalue weighted by Crippen LogP contribution is -2.39. The molecule has 2 aromatic rings. The minimum absolute atomic E-state index is 0.201. The van der Waals surface area contributed by atoms with Gasteiger partial charge in [0.15, 0.2) is 5.13 Å². The smallest absolute Gasteiger partial charge is 0.258 e. The van der Waals surface area contributed by atoms with Gasteiger partial charge in [0, 0.05) is 29.3 Å². The number of fused-ring (bicyclic) bond motifs is 1. The van der Waals surface area contributed by atoms with E-state index >= 15 is 0 Å². The monoisotopic (exact) mass is 411 g/mol. The van der Waals surface area contributed by atoms with Crippen LogP contribution in [0.1, 0.15) is 34.8 Å². The number of rotatable bonds is 5. The lowest BCUT2D eigenvalue weighted by molar-refractivity contribution is 0.102. The van der Waals surface area contributed by atoms with E-state index in [0.29, 0.717) is 30.2 Å². The van der Waals surface area contributed by atoms with Crippen LogP contribution < -0.4 is 5.32 Å². The van der Waals surface area contributed by atoms with E-state index in [9.17, 15) is 13.2 Å². The largest absolute Gasteiger partial charge is 0.298 e. The number of nitrogens with one attached hydrogen (secondary N) is 1. The van der Waals surface area contributed by atoms with Gasteiger partial charge in [-0.1, -0.05) is 12.1 Å². The van der Waals surface area contributed by atoms with E-state index in [2.05, 4.69) is 10.3 Å². The molecular formula is C17H21N3O3S3. The zero-order chi connectivity index (χ0) is 18.9. The summed E-state index contributed by atoms with van der Waals surface area (Å²) in [7, 11) is -3.29. The summed E-state index contributed by atoms with van der Waals surface area (Å²) < 4.78 is 26.3. The van der Waals surface area contributed by atoms with Gasteiger partial charge in [-0.2, -0.15) is 4.31 Å². The maximum atomic E-state index is 12.6. The van der Waals surface area contributed by atoms with Crippen molar-refractivity contribution in [3.63, 3.8) is 0 Å². The van der Waals surface area contributed by atoms with Gasteiger partial charge in [-0.3, -0.25) is 10.1 Å². The molecule has 6 nitrogen and oxygen atoms in total. The van der Waals surface area contributed by atoms with Crippen LogP contribution in [-0.4, -0.2) is 41.7 Å². The van der Waals surface area contributed by atoms with Crippen LogP contribution in [0.15, 0.2) is 29.2 Å². The van der Waals surface area contributed by atoms with Crippen LogP contribution in [0, 0.1) is 0 Å². The molecule has 1 aromatic carbocycles. The highest BCUT2D eigenvalue weighted by Crippen LogP contribution is 2.31. The average Bonchev–Trinajstić information content (AvgIpc) is 3.02. The Morgan fingerprint density at radius 1 is 1.35 bits per heavy atom. The van der Waals surface area contributed by atoms with Crippen molar-refractivity contribution in [1.29, 1.82) is 0 Å². The van der Waals surface area contributed by atoms with Crippen LogP contribution in [0.25, 0.3) is 0 Å². The lowest BCUT2D eigenvalue weighted by Gasteiger charge is -2.26. The van der Waals surface area contributed by atoms with Crippen molar-refractivity contribution in [3.05, 3.63) is 40.4 Å². The molecule has 0 saturated heterocycles. The van der Waals surface area contributed by atoms with Crippen LogP contribution >= 0.6 is 23.1 Å². The number of aromatic nitrogens is 1. The first-order chi connectivity index (χ1) is 12.3. The molecule has 0 unspecified atom stereocenters. The molecule has 0 bridgehead atoms. The van der Waals surface area contributed by atoms with Crippen molar-refractivity contribution >= 4 is 44.2 Å². The number of amides is 1. The molecule has 1 aliphatic rings. The molecule has 1 aliphatic heterocycles. The Hall–Kier alpha value is -1.42. The number of carbonyl (C=O) groups is 1. The third-order valence-electron chi connectivity index (χ3n) is 4.22. The molecule has 1 aromatic heterocycles. The molecule has 9 heteroatoms. The standard InChI is InChI=1S/C17H21N3O3S3/c1-11(2)26(22,23)20-9-8-13-15(10-20)25-17(18-13)19-16(21)12-6-4-5-7-14(12)24-3/h4-7,11H,8-10H2,1-3H3,(H,18,19,21). The Bertz CT molecular complexity index is 922. The highest BCUT2D eigenvalue weighted by atomic mass is 32.2. The van der Waals surface area contributed by atoms with Gasteiger partial charge in [0.05, 0.1) is 16.5 Å². The summed E-state index contributed by atoms with van der Waals surface area (Å²) in [6.45, 7) is 4.13. The molecule has 26 heavy (non-hydrogen) atoms. The van der Waals surface area contributed by atoms with Crippen LogP contribution in [0.5, 0.6) is 0 Å². The first kappa shape index (κ1) is 19.3. The van der Waals surface area contributed by atoms with Crippen LogP contribution in [0.2, 0.25) is 0 Å². The van der Waals surface area contributed by atoms with E-state index in [1.807, 2.05) is 24.5 Å². The third kappa shape index (κ3) is 3.80. The topological polar surface area (TPSA) is 79.4 Å². The lowest BCUT2D eigenvalue weighted by atomic mass is 10.2. The van der Waals surface area contributed by atoms with E-state index in [0.717, 1.165) is 15.5 Å². The number of hydrogen-bond donors (Lipinski definition) is 1. The van der Waals surface area contributed by atoms with Gasteiger partial charge in [-0.25, -0.2) is 13.4 Å². The first-order valence-electron chi connectivity index (χ1n) is 8.25. The van der Waals surface area contributed by atoms with Crippen molar-refractivity contribution in [2.24, 2.45) is 0 Å². The Balaban J connectivity index is 1.77. The molecule has 3 rings (SSSR count). The van der Waals surface area contributed by atoms with E-state index in [4.69, 9.17) is 0 Å². The molecule has 1 N–H and O–H groups in total. The van der Waals surface area contributed by atoms with Crippen molar-refractivity contribution in [1.82, 2.24) is 9.29 Å². The summed E-state index contributed by atoms with van der Waals surface area (Å²) in [5, 5.41) is 2.92. The van der Waals surface area contributed by atoms with E-state index < -0.39 is 15.3 Å². The predicted octanol–water partition coefficient (Wildman–Crippen LogP) is 3.21. The molecule has 0 atom stereocenters. The second-order valence-corrected chi connectivity index (χ2v) is 10.6. The number of benzene rings is 1. The quantitative estimate of drug-likeness (QED) is 0.764.